The molecule has 7 nitrogen and oxygen atoms in total. The molecule has 0 radical (unpaired) electrons. The first-order valence-corrected chi connectivity index (χ1v) is 4.24. The Morgan fingerprint density at radius 3 is 2.93 bits per heavy atom. The summed E-state index contributed by atoms with van der Waals surface area (Å²) in [6, 6.07) is 0. The van der Waals surface area contributed by atoms with E-state index in [1.54, 1.807) is 21.9 Å². The van der Waals surface area contributed by atoms with Gasteiger partial charge in [0.25, 0.3) is 0 Å². The van der Waals surface area contributed by atoms with Gasteiger partial charge in [-0.25, -0.2) is 4.68 Å². The summed E-state index contributed by atoms with van der Waals surface area (Å²) in [6.45, 7) is 0.705. The summed E-state index contributed by atoms with van der Waals surface area (Å²) in [5, 5.41) is 14.9. The van der Waals surface area contributed by atoms with Crippen LogP contribution in [0.4, 0.5) is 5.69 Å². The van der Waals surface area contributed by atoms with Gasteiger partial charge in [-0.3, -0.25) is 4.68 Å². The Morgan fingerprint density at radius 1 is 1.50 bits per heavy atom. The summed E-state index contributed by atoms with van der Waals surface area (Å²) in [5.41, 5.74) is 7.45. The number of aryl methyl sites for hydroxylation is 2. The fraction of sp³-hybridized carbons (Fsp3) is 0.429. The molecule has 0 fully saturated rings. The van der Waals surface area contributed by atoms with Gasteiger partial charge in [-0.15, -0.1) is 5.10 Å². The van der Waals surface area contributed by atoms with Gasteiger partial charge in [0, 0.05) is 13.5 Å². The maximum Gasteiger partial charge on any atom is 0.138 e. The Morgan fingerprint density at radius 2 is 2.36 bits per heavy atom. The summed E-state index contributed by atoms with van der Waals surface area (Å²) < 4.78 is 3.42. The molecule has 0 aromatic carbocycles. The number of nitrogen functional groups attached to an aromatic ring is 1. The monoisotopic (exact) mass is 193 g/mol. The first-order chi connectivity index (χ1) is 6.77. The van der Waals surface area contributed by atoms with Crippen LogP contribution in [0.25, 0.3) is 0 Å². The normalized spacial score (nSPS) is 10.6. The molecule has 2 aromatic heterocycles. The van der Waals surface area contributed by atoms with E-state index in [1.807, 2.05) is 7.05 Å². The van der Waals surface area contributed by atoms with Crippen LogP contribution in [-0.2, 0) is 20.0 Å². The van der Waals surface area contributed by atoms with Crippen LogP contribution in [0.1, 0.15) is 5.69 Å². The van der Waals surface area contributed by atoms with E-state index >= 15 is 0 Å². The SMILES string of the molecule is Cn1ncc(N)c1CCn1cnnn1. The Hall–Kier alpha value is -1.92. The maximum atomic E-state index is 5.74. The Labute approximate surface area is 80.5 Å². The molecule has 0 amide bonds. The Kier molecular flexibility index (Phi) is 2.13. The molecule has 74 valence electrons. The second kappa shape index (κ2) is 3.44. The Bertz CT molecular complexity index is 382. The molecule has 14 heavy (non-hydrogen) atoms. The van der Waals surface area contributed by atoms with E-state index in [0.717, 1.165) is 12.1 Å². The van der Waals surface area contributed by atoms with Gasteiger partial charge in [-0.05, 0) is 10.4 Å². The first kappa shape index (κ1) is 8.67. The molecule has 0 aliphatic rings. The lowest BCUT2D eigenvalue weighted by atomic mass is 10.3. The number of hydrogen-bond donors (Lipinski definition) is 1. The zero-order valence-corrected chi connectivity index (χ0v) is 7.83. The number of nitrogens with zero attached hydrogens (tertiary/aromatic N) is 6. The van der Waals surface area contributed by atoms with E-state index in [1.165, 1.54) is 0 Å². The highest BCUT2D eigenvalue weighted by atomic mass is 15.5. The standard InChI is InChI=1S/C7H11N7/c1-13-7(6(8)4-10-13)2-3-14-5-9-11-12-14/h4-5H,2-3,8H2,1H3. The van der Waals surface area contributed by atoms with E-state index in [0.29, 0.717) is 12.2 Å². The van der Waals surface area contributed by atoms with Crippen molar-refractivity contribution < 1.29 is 0 Å². The van der Waals surface area contributed by atoms with Gasteiger partial charge in [0.05, 0.1) is 24.1 Å². The predicted octanol–water partition coefficient (Wildman–Crippen LogP) is -0.769. The average molecular weight is 193 g/mol. The Balaban J connectivity index is 2.05. The summed E-state index contributed by atoms with van der Waals surface area (Å²) in [5.74, 6) is 0. The molecule has 0 unspecified atom stereocenters. The highest BCUT2D eigenvalue weighted by molar-refractivity contribution is 5.40. The topological polar surface area (TPSA) is 87.4 Å². The van der Waals surface area contributed by atoms with Crippen molar-refractivity contribution in [3.05, 3.63) is 18.2 Å². The zero-order valence-electron chi connectivity index (χ0n) is 7.83. The van der Waals surface area contributed by atoms with Crippen molar-refractivity contribution in [1.29, 1.82) is 0 Å². The summed E-state index contributed by atoms with van der Waals surface area (Å²) in [4.78, 5) is 0. The van der Waals surface area contributed by atoms with Crippen molar-refractivity contribution in [1.82, 2.24) is 30.0 Å². The summed E-state index contributed by atoms with van der Waals surface area (Å²) >= 11 is 0. The van der Waals surface area contributed by atoms with E-state index in [-0.39, 0.29) is 0 Å². The van der Waals surface area contributed by atoms with Crippen molar-refractivity contribution in [2.45, 2.75) is 13.0 Å². The third kappa shape index (κ3) is 1.56. The van der Waals surface area contributed by atoms with Crippen molar-refractivity contribution in [3.8, 4) is 0 Å². The maximum absolute atomic E-state index is 5.74. The highest BCUT2D eigenvalue weighted by Crippen LogP contribution is 2.10. The van der Waals surface area contributed by atoms with Gasteiger partial charge < -0.3 is 5.73 Å². The van der Waals surface area contributed by atoms with Gasteiger partial charge in [-0.2, -0.15) is 5.10 Å². The number of anilines is 1. The first-order valence-electron chi connectivity index (χ1n) is 4.24. The van der Waals surface area contributed by atoms with Gasteiger partial charge >= 0.3 is 0 Å². The molecule has 2 heterocycles. The zero-order chi connectivity index (χ0) is 9.97. The van der Waals surface area contributed by atoms with Crippen LogP contribution in [0.3, 0.4) is 0 Å². The number of rotatable bonds is 3. The fourth-order valence-electron chi connectivity index (χ4n) is 1.29. The molecule has 0 spiro atoms. The smallest absolute Gasteiger partial charge is 0.138 e. The molecule has 0 saturated carbocycles. The lowest BCUT2D eigenvalue weighted by molar-refractivity contribution is 0.568. The summed E-state index contributed by atoms with van der Waals surface area (Å²) in [6.07, 6.45) is 3.99. The molecule has 0 aliphatic carbocycles. The van der Waals surface area contributed by atoms with Crippen molar-refractivity contribution in [2.24, 2.45) is 7.05 Å². The third-order valence-electron chi connectivity index (χ3n) is 2.06. The van der Waals surface area contributed by atoms with Crippen LogP contribution in [0, 0.1) is 0 Å². The second-order valence-corrected chi connectivity index (χ2v) is 2.99. The third-order valence-corrected chi connectivity index (χ3v) is 2.06. The van der Waals surface area contributed by atoms with Crippen LogP contribution in [0.2, 0.25) is 0 Å². The van der Waals surface area contributed by atoms with E-state index in [2.05, 4.69) is 20.6 Å². The van der Waals surface area contributed by atoms with E-state index in [9.17, 15) is 0 Å². The van der Waals surface area contributed by atoms with Gasteiger partial charge in [0.1, 0.15) is 6.33 Å². The molecule has 2 N–H and O–H groups in total. The number of aromatic nitrogens is 6. The number of nitrogens with two attached hydrogens (primary N) is 1. The quantitative estimate of drug-likeness (QED) is 0.691. The minimum absolute atomic E-state index is 0.705. The van der Waals surface area contributed by atoms with E-state index < -0.39 is 0 Å². The molecule has 0 bridgehead atoms. The van der Waals surface area contributed by atoms with Crippen molar-refractivity contribution in [3.63, 3.8) is 0 Å². The molecule has 0 saturated heterocycles. The van der Waals surface area contributed by atoms with Crippen LogP contribution in [-0.4, -0.2) is 30.0 Å². The minimum atomic E-state index is 0.705. The molecule has 0 atom stereocenters. The van der Waals surface area contributed by atoms with E-state index in [4.69, 9.17) is 5.73 Å². The predicted molar refractivity (Wildman–Crippen MR) is 49.1 cm³/mol. The van der Waals surface area contributed by atoms with Gasteiger partial charge in [0.15, 0.2) is 0 Å². The van der Waals surface area contributed by atoms with Crippen LogP contribution in [0.15, 0.2) is 12.5 Å². The molecule has 0 aliphatic heterocycles. The van der Waals surface area contributed by atoms with Gasteiger partial charge in [-0.1, -0.05) is 0 Å². The van der Waals surface area contributed by atoms with Gasteiger partial charge in [0.2, 0.25) is 0 Å². The highest BCUT2D eigenvalue weighted by Gasteiger charge is 2.05. The minimum Gasteiger partial charge on any atom is -0.396 e. The molecular weight excluding hydrogens is 182 g/mol. The van der Waals surface area contributed by atoms with Crippen LogP contribution >= 0.6 is 0 Å². The molecule has 2 rings (SSSR count). The lowest BCUT2D eigenvalue weighted by Crippen LogP contribution is -2.07. The lowest BCUT2D eigenvalue weighted by Gasteiger charge is -2.02. The molecule has 2 aromatic rings. The molecular formula is C7H11N7. The van der Waals surface area contributed by atoms with Crippen LogP contribution < -0.4 is 5.73 Å². The average Bonchev–Trinajstić information content (AvgIpc) is 2.76. The van der Waals surface area contributed by atoms with Crippen molar-refractivity contribution >= 4 is 5.69 Å². The fourth-order valence-corrected chi connectivity index (χ4v) is 1.29. The van der Waals surface area contributed by atoms with Crippen molar-refractivity contribution in [2.75, 3.05) is 5.73 Å². The molecule has 7 heteroatoms. The number of tetrazole rings is 1. The largest absolute Gasteiger partial charge is 0.396 e. The number of hydrogen-bond acceptors (Lipinski definition) is 5. The summed E-state index contributed by atoms with van der Waals surface area (Å²) in [7, 11) is 1.87. The van der Waals surface area contributed by atoms with Crippen LogP contribution in [0.5, 0.6) is 0 Å². The second-order valence-electron chi connectivity index (χ2n) is 2.99.